The van der Waals surface area contributed by atoms with Crippen LogP contribution in [0.25, 0.3) is 0 Å². The molecule has 1 heterocycles. The second-order valence-corrected chi connectivity index (χ2v) is 6.22. The summed E-state index contributed by atoms with van der Waals surface area (Å²) in [5, 5.41) is 4.23. The molecule has 0 aliphatic heterocycles. The summed E-state index contributed by atoms with van der Waals surface area (Å²) in [4.78, 5) is 14.3. The third kappa shape index (κ3) is 2.91. The van der Waals surface area contributed by atoms with Gasteiger partial charge < -0.3 is 10.6 Å². The Bertz CT molecular complexity index is 516. The fraction of sp³-hybridized carbons (Fsp3) is 0.714. The van der Waals surface area contributed by atoms with Gasteiger partial charge in [-0.25, -0.2) is 4.68 Å². The van der Waals surface area contributed by atoms with Crippen molar-refractivity contribution in [2.75, 3.05) is 18.5 Å². The van der Waals surface area contributed by atoms with Gasteiger partial charge in [-0.15, -0.1) is 0 Å². The highest BCUT2D eigenvalue weighted by molar-refractivity contribution is 9.10. The predicted octanol–water partition coefficient (Wildman–Crippen LogP) is 1.98. The van der Waals surface area contributed by atoms with Gasteiger partial charge in [0.05, 0.1) is 11.9 Å². The van der Waals surface area contributed by atoms with Crippen LogP contribution in [0.15, 0.2) is 15.5 Å². The van der Waals surface area contributed by atoms with Gasteiger partial charge in [-0.05, 0) is 48.2 Å². The molecule has 0 spiro atoms. The molecule has 2 N–H and O–H groups in total. The summed E-state index contributed by atoms with van der Waals surface area (Å²) in [5.74, 6) is 0.495. The third-order valence-electron chi connectivity index (χ3n) is 4.32. The molecule has 1 fully saturated rings. The topological polar surface area (TPSA) is 64.2 Å². The molecule has 1 saturated carbocycles. The highest BCUT2D eigenvalue weighted by atomic mass is 79.9. The number of anilines is 1. The number of nitrogens with two attached hydrogens (primary N) is 1. The first-order valence-corrected chi connectivity index (χ1v) is 8.08. The molecular weight excluding hydrogens is 320 g/mol. The van der Waals surface area contributed by atoms with Gasteiger partial charge in [0.15, 0.2) is 0 Å². The average molecular weight is 343 g/mol. The summed E-state index contributed by atoms with van der Waals surface area (Å²) in [6.45, 7) is 3.19. The highest BCUT2D eigenvalue weighted by Crippen LogP contribution is 2.32. The van der Waals surface area contributed by atoms with Crippen molar-refractivity contribution in [3.63, 3.8) is 0 Å². The van der Waals surface area contributed by atoms with Gasteiger partial charge in [-0.3, -0.25) is 4.79 Å². The first kappa shape index (κ1) is 15.5. The summed E-state index contributed by atoms with van der Waals surface area (Å²) >= 11 is 3.43. The van der Waals surface area contributed by atoms with Crippen LogP contribution < -0.4 is 16.2 Å². The molecule has 0 amide bonds. The van der Waals surface area contributed by atoms with E-state index in [2.05, 4.69) is 25.9 Å². The summed E-state index contributed by atoms with van der Waals surface area (Å²) < 4.78 is 2.06. The maximum atomic E-state index is 12.2. The molecule has 2 rings (SSSR count). The van der Waals surface area contributed by atoms with E-state index in [0.29, 0.717) is 29.5 Å². The van der Waals surface area contributed by atoms with Gasteiger partial charge in [-0.1, -0.05) is 12.8 Å². The summed E-state index contributed by atoms with van der Waals surface area (Å²) in [7, 11) is 2.04. The molecule has 2 atom stereocenters. The molecule has 1 aromatic rings. The minimum atomic E-state index is -0.0723. The van der Waals surface area contributed by atoms with Crippen LogP contribution in [0.3, 0.4) is 0 Å². The maximum absolute atomic E-state index is 12.2. The Morgan fingerprint density at radius 2 is 2.20 bits per heavy atom. The van der Waals surface area contributed by atoms with Crippen LogP contribution in [0.2, 0.25) is 0 Å². The van der Waals surface area contributed by atoms with Crippen molar-refractivity contribution in [3.8, 4) is 0 Å². The lowest BCUT2D eigenvalue weighted by Crippen LogP contribution is -2.44. The van der Waals surface area contributed by atoms with Crippen LogP contribution in [0.1, 0.15) is 32.6 Å². The standard InChI is InChI=1S/C14H23BrN4O/c1-3-19-14(20)13(15)12(9-17-19)18(2)11-7-5-4-6-10(11)8-16/h9-11H,3-8,16H2,1-2H3. The van der Waals surface area contributed by atoms with Crippen LogP contribution in [0.5, 0.6) is 0 Å². The Kier molecular flexibility index (Phi) is 5.21. The van der Waals surface area contributed by atoms with Crippen molar-refractivity contribution in [3.05, 3.63) is 21.0 Å². The molecule has 6 heteroatoms. The largest absolute Gasteiger partial charge is 0.369 e. The molecule has 0 aromatic carbocycles. The molecule has 1 aliphatic carbocycles. The van der Waals surface area contributed by atoms with E-state index in [4.69, 9.17) is 5.73 Å². The molecule has 0 bridgehead atoms. The van der Waals surface area contributed by atoms with Gasteiger partial charge in [0.1, 0.15) is 4.47 Å². The summed E-state index contributed by atoms with van der Waals surface area (Å²) in [6, 6.07) is 0.392. The number of aryl methyl sites for hydroxylation is 1. The normalized spacial score (nSPS) is 22.8. The van der Waals surface area contributed by atoms with Gasteiger partial charge in [-0.2, -0.15) is 5.10 Å². The third-order valence-corrected chi connectivity index (χ3v) is 5.06. The molecule has 1 aromatic heterocycles. The van der Waals surface area contributed by atoms with Gasteiger partial charge in [0.2, 0.25) is 0 Å². The maximum Gasteiger partial charge on any atom is 0.283 e. The zero-order valence-corrected chi connectivity index (χ0v) is 13.8. The van der Waals surface area contributed by atoms with Crippen molar-refractivity contribution in [2.45, 2.75) is 45.2 Å². The minimum Gasteiger partial charge on any atom is -0.369 e. The number of aromatic nitrogens is 2. The van der Waals surface area contributed by atoms with E-state index >= 15 is 0 Å². The van der Waals surface area contributed by atoms with Gasteiger partial charge in [0.25, 0.3) is 5.56 Å². The number of hydrogen-bond donors (Lipinski definition) is 1. The number of nitrogens with zero attached hydrogens (tertiary/aromatic N) is 3. The van der Waals surface area contributed by atoms with Crippen LogP contribution in [-0.2, 0) is 6.54 Å². The fourth-order valence-electron chi connectivity index (χ4n) is 3.08. The second kappa shape index (κ2) is 6.72. The summed E-state index contributed by atoms with van der Waals surface area (Å²) in [5.41, 5.74) is 6.70. The first-order chi connectivity index (χ1) is 9.60. The molecule has 2 unspecified atom stereocenters. The smallest absolute Gasteiger partial charge is 0.283 e. The Hall–Kier alpha value is -0.880. The molecule has 0 saturated heterocycles. The van der Waals surface area contributed by atoms with E-state index in [9.17, 15) is 4.79 Å². The molecule has 1 aliphatic rings. The van der Waals surface area contributed by atoms with Crippen molar-refractivity contribution in [1.82, 2.24) is 9.78 Å². The van der Waals surface area contributed by atoms with Gasteiger partial charge >= 0.3 is 0 Å². The Balaban J connectivity index is 2.30. The van der Waals surface area contributed by atoms with Crippen molar-refractivity contribution in [1.29, 1.82) is 0 Å². The first-order valence-electron chi connectivity index (χ1n) is 7.28. The van der Waals surface area contributed by atoms with Crippen LogP contribution >= 0.6 is 15.9 Å². The highest BCUT2D eigenvalue weighted by Gasteiger charge is 2.29. The Labute approximate surface area is 128 Å². The van der Waals surface area contributed by atoms with E-state index in [1.165, 1.54) is 23.9 Å². The SMILES string of the molecule is CCn1ncc(N(C)C2CCCCC2CN)c(Br)c1=O. The number of hydrogen-bond acceptors (Lipinski definition) is 4. The van der Waals surface area contributed by atoms with E-state index in [-0.39, 0.29) is 5.56 Å². The lowest BCUT2D eigenvalue weighted by molar-refractivity contribution is 0.306. The average Bonchev–Trinajstić information content (AvgIpc) is 2.49. The lowest BCUT2D eigenvalue weighted by atomic mass is 9.83. The lowest BCUT2D eigenvalue weighted by Gasteiger charge is -2.39. The van der Waals surface area contributed by atoms with E-state index < -0.39 is 0 Å². The fourth-order valence-corrected chi connectivity index (χ4v) is 3.67. The van der Waals surface area contributed by atoms with Crippen LogP contribution in [-0.4, -0.2) is 29.4 Å². The van der Waals surface area contributed by atoms with Crippen molar-refractivity contribution < 1.29 is 0 Å². The van der Waals surface area contributed by atoms with E-state index in [0.717, 1.165) is 12.1 Å². The van der Waals surface area contributed by atoms with E-state index in [1.54, 1.807) is 6.20 Å². The predicted molar refractivity (Wildman–Crippen MR) is 85.1 cm³/mol. The van der Waals surface area contributed by atoms with E-state index in [1.807, 2.05) is 14.0 Å². The number of halogens is 1. The monoisotopic (exact) mass is 342 g/mol. The molecule has 5 nitrogen and oxygen atoms in total. The molecule has 112 valence electrons. The minimum absolute atomic E-state index is 0.0723. The number of rotatable bonds is 4. The molecule has 0 radical (unpaired) electrons. The summed E-state index contributed by atoms with van der Waals surface area (Å²) in [6.07, 6.45) is 6.55. The van der Waals surface area contributed by atoms with Gasteiger partial charge in [0, 0.05) is 19.6 Å². The van der Waals surface area contributed by atoms with Crippen molar-refractivity contribution >= 4 is 21.6 Å². The molecule has 20 heavy (non-hydrogen) atoms. The zero-order chi connectivity index (χ0) is 14.7. The quantitative estimate of drug-likeness (QED) is 0.908. The van der Waals surface area contributed by atoms with Crippen molar-refractivity contribution in [2.24, 2.45) is 11.7 Å². The zero-order valence-electron chi connectivity index (χ0n) is 12.2. The van der Waals surface area contributed by atoms with Crippen LogP contribution in [0, 0.1) is 5.92 Å². The second-order valence-electron chi connectivity index (χ2n) is 5.42. The Morgan fingerprint density at radius 1 is 1.50 bits per heavy atom. The molecular formula is C14H23BrN4O. The van der Waals surface area contributed by atoms with Crippen LogP contribution in [0.4, 0.5) is 5.69 Å². The Morgan fingerprint density at radius 3 is 2.85 bits per heavy atom.